The first-order chi connectivity index (χ1) is 7.88. The summed E-state index contributed by atoms with van der Waals surface area (Å²) in [5.74, 6) is 1.95. The number of aryl methyl sites for hydroxylation is 1. The summed E-state index contributed by atoms with van der Waals surface area (Å²) in [4.78, 5) is 4.46. The van der Waals surface area contributed by atoms with Gasteiger partial charge in [0.2, 0.25) is 5.13 Å². The van der Waals surface area contributed by atoms with Gasteiger partial charge in [0.1, 0.15) is 5.82 Å². The van der Waals surface area contributed by atoms with Crippen molar-refractivity contribution < 1.29 is 0 Å². The number of nitrogens with one attached hydrogen (secondary N) is 1. The van der Waals surface area contributed by atoms with Crippen molar-refractivity contribution in [3.05, 3.63) is 5.82 Å². The molecule has 0 radical (unpaired) electrons. The van der Waals surface area contributed by atoms with Crippen molar-refractivity contribution >= 4 is 16.7 Å². The topological polar surface area (TPSA) is 37.8 Å². The molecule has 1 aromatic heterocycles. The van der Waals surface area contributed by atoms with Crippen molar-refractivity contribution in [2.45, 2.75) is 51.9 Å². The maximum Gasteiger partial charge on any atom is 0.202 e. The van der Waals surface area contributed by atoms with E-state index < -0.39 is 0 Å². The molecule has 1 N–H and O–H groups in total. The van der Waals surface area contributed by atoms with Crippen LogP contribution in [0.15, 0.2) is 0 Å². The lowest BCUT2D eigenvalue weighted by Crippen LogP contribution is -2.06. The van der Waals surface area contributed by atoms with Gasteiger partial charge >= 0.3 is 0 Å². The molecule has 1 fully saturated rings. The van der Waals surface area contributed by atoms with E-state index >= 15 is 0 Å². The normalized spacial score (nSPS) is 16.8. The van der Waals surface area contributed by atoms with E-state index in [4.69, 9.17) is 0 Å². The van der Waals surface area contributed by atoms with Crippen LogP contribution < -0.4 is 5.32 Å². The smallest absolute Gasteiger partial charge is 0.202 e. The zero-order valence-electron chi connectivity index (χ0n) is 10.0. The van der Waals surface area contributed by atoms with Crippen LogP contribution in [0.3, 0.4) is 0 Å². The Kier molecular flexibility index (Phi) is 4.57. The molecule has 0 saturated heterocycles. The summed E-state index contributed by atoms with van der Waals surface area (Å²) < 4.78 is 4.32. The van der Waals surface area contributed by atoms with E-state index in [1.807, 2.05) is 0 Å². The molecule has 0 atom stereocenters. The minimum atomic E-state index is 0.954. The summed E-state index contributed by atoms with van der Waals surface area (Å²) in [6.07, 6.45) is 9.15. The van der Waals surface area contributed by atoms with Gasteiger partial charge in [0.15, 0.2) is 0 Å². The van der Waals surface area contributed by atoms with Crippen molar-refractivity contribution in [1.29, 1.82) is 0 Å². The molecule has 1 aliphatic rings. The summed E-state index contributed by atoms with van der Waals surface area (Å²) >= 11 is 1.50. The molecule has 16 heavy (non-hydrogen) atoms. The average molecular weight is 239 g/mol. The summed E-state index contributed by atoms with van der Waals surface area (Å²) in [6, 6.07) is 0. The largest absolute Gasteiger partial charge is 0.360 e. The minimum Gasteiger partial charge on any atom is -0.360 e. The van der Waals surface area contributed by atoms with Gasteiger partial charge in [-0.25, -0.2) is 4.98 Å². The Morgan fingerprint density at radius 2 is 2.19 bits per heavy atom. The number of rotatable bonds is 6. The van der Waals surface area contributed by atoms with Crippen LogP contribution in [0, 0.1) is 5.92 Å². The minimum absolute atomic E-state index is 0.954. The van der Waals surface area contributed by atoms with Gasteiger partial charge in [0.05, 0.1) is 0 Å². The molecule has 0 bridgehead atoms. The monoisotopic (exact) mass is 239 g/mol. The average Bonchev–Trinajstić information content (AvgIpc) is 2.90. The standard InChI is InChI=1S/C12H21N3S/c1-2-5-11-14-12(16-15-11)13-9-8-10-6-3-4-7-10/h10H,2-9H2,1H3,(H,13,14,15). The third-order valence-corrected chi connectivity index (χ3v) is 3.96. The zero-order chi connectivity index (χ0) is 11.2. The number of hydrogen-bond donors (Lipinski definition) is 1. The molecule has 0 unspecified atom stereocenters. The van der Waals surface area contributed by atoms with Crippen LogP contribution in [-0.2, 0) is 6.42 Å². The fraction of sp³-hybridized carbons (Fsp3) is 0.833. The Hall–Kier alpha value is -0.640. The van der Waals surface area contributed by atoms with Crippen molar-refractivity contribution in [2.75, 3.05) is 11.9 Å². The third kappa shape index (κ3) is 3.44. The fourth-order valence-corrected chi connectivity index (χ4v) is 2.97. The van der Waals surface area contributed by atoms with Gasteiger partial charge < -0.3 is 5.32 Å². The van der Waals surface area contributed by atoms with Crippen LogP contribution in [0.25, 0.3) is 0 Å². The van der Waals surface area contributed by atoms with Crippen LogP contribution in [0.4, 0.5) is 5.13 Å². The van der Waals surface area contributed by atoms with Crippen LogP contribution in [-0.4, -0.2) is 15.9 Å². The predicted octanol–water partition coefficient (Wildman–Crippen LogP) is 3.48. The molecular formula is C12H21N3S. The van der Waals surface area contributed by atoms with Crippen LogP contribution in [0.1, 0.15) is 51.3 Å². The highest BCUT2D eigenvalue weighted by atomic mass is 32.1. The molecule has 1 heterocycles. The van der Waals surface area contributed by atoms with E-state index in [1.165, 1.54) is 43.6 Å². The fourth-order valence-electron chi connectivity index (χ4n) is 2.33. The molecule has 2 rings (SSSR count). The number of aromatic nitrogens is 2. The van der Waals surface area contributed by atoms with E-state index in [2.05, 4.69) is 21.6 Å². The van der Waals surface area contributed by atoms with Crippen molar-refractivity contribution in [3.8, 4) is 0 Å². The highest BCUT2D eigenvalue weighted by Gasteiger charge is 2.14. The Morgan fingerprint density at radius 1 is 1.38 bits per heavy atom. The maximum absolute atomic E-state index is 4.46. The predicted molar refractivity (Wildman–Crippen MR) is 69.0 cm³/mol. The first-order valence-corrected chi connectivity index (χ1v) is 7.22. The first-order valence-electron chi connectivity index (χ1n) is 6.45. The molecule has 0 aromatic carbocycles. The first kappa shape index (κ1) is 11.8. The second-order valence-electron chi connectivity index (χ2n) is 4.63. The molecule has 0 spiro atoms. The van der Waals surface area contributed by atoms with Crippen LogP contribution in [0.2, 0.25) is 0 Å². The molecule has 90 valence electrons. The number of hydrogen-bond acceptors (Lipinski definition) is 4. The molecular weight excluding hydrogens is 218 g/mol. The summed E-state index contributed by atoms with van der Waals surface area (Å²) in [7, 11) is 0. The highest BCUT2D eigenvalue weighted by molar-refractivity contribution is 7.09. The van der Waals surface area contributed by atoms with Gasteiger partial charge in [-0.3, -0.25) is 0 Å². The third-order valence-electron chi connectivity index (χ3n) is 3.25. The second-order valence-corrected chi connectivity index (χ2v) is 5.38. The van der Waals surface area contributed by atoms with Crippen molar-refractivity contribution in [1.82, 2.24) is 9.36 Å². The molecule has 1 saturated carbocycles. The summed E-state index contributed by atoms with van der Waals surface area (Å²) in [5.41, 5.74) is 0. The van der Waals surface area contributed by atoms with Gasteiger partial charge in [0, 0.05) is 24.5 Å². The highest BCUT2D eigenvalue weighted by Crippen LogP contribution is 2.27. The molecule has 0 amide bonds. The van der Waals surface area contributed by atoms with Crippen molar-refractivity contribution in [2.24, 2.45) is 5.92 Å². The number of anilines is 1. The lowest BCUT2D eigenvalue weighted by Gasteiger charge is -2.08. The molecule has 4 heteroatoms. The SMILES string of the molecule is CCCc1nsc(NCCC2CCCC2)n1. The van der Waals surface area contributed by atoms with Gasteiger partial charge in [-0.1, -0.05) is 32.6 Å². The summed E-state index contributed by atoms with van der Waals surface area (Å²) in [6.45, 7) is 3.22. The zero-order valence-corrected chi connectivity index (χ0v) is 10.9. The summed E-state index contributed by atoms with van der Waals surface area (Å²) in [5, 5.41) is 4.40. The Balaban J connectivity index is 1.67. The molecule has 1 aliphatic carbocycles. The lowest BCUT2D eigenvalue weighted by atomic mass is 10.0. The van der Waals surface area contributed by atoms with Crippen LogP contribution >= 0.6 is 11.5 Å². The Bertz CT molecular complexity index is 305. The van der Waals surface area contributed by atoms with E-state index in [0.29, 0.717) is 0 Å². The lowest BCUT2D eigenvalue weighted by molar-refractivity contribution is 0.518. The van der Waals surface area contributed by atoms with Gasteiger partial charge in [-0.15, -0.1) is 0 Å². The molecule has 0 aliphatic heterocycles. The van der Waals surface area contributed by atoms with Gasteiger partial charge in [-0.05, 0) is 18.8 Å². The Morgan fingerprint density at radius 3 is 2.94 bits per heavy atom. The number of nitrogens with zero attached hydrogens (tertiary/aromatic N) is 2. The maximum atomic E-state index is 4.46. The van der Waals surface area contributed by atoms with Gasteiger partial charge in [-0.2, -0.15) is 4.37 Å². The van der Waals surface area contributed by atoms with Crippen molar-refractivity contribution in [3.63, 3.8) is 0 Å². The molecule has 1 aromatic rings. The Labute approximate surface area is 102 Å². The quantitative estimate of drug-likeness (QED) is 0.826. The molecule has 3 nitrogen and oxygen atoms in total. The van der Waals surface area contributed by atoms with Gasteiger partial charge in [0.25, 0.3) is 0 Å². The second kappa shape index (κ2) is 6.18. The van der Waals surface area contributed by atoms with E-state index in [-0.39, 0.29) is 0 Å². The van der Waals surface area contributed by atoms with E-state index in [0.717, 1.165) is 36.3 Å². The van der Waals surface area contributed by atoms with Crippen LogP contribution in [0.5, 0.6) is 0 Å². The van der Waals surface area contributed by atoms with E-state index in [9.17, 15) is 0 Å². The van der Waals surface area contributed by atoms with E-state index in [1.54, 1.807) is 0 Å².